The third-order valence-electron chi connectivity index (χ3n) is 3.70. The van der Waals surface area contributed by atoms with Crippen molar-refractivity contribution >= 4 is 21.8 Å². The maximum atomic E-state index is 12.5. The van der Waals surface area contributed by atoms with Gasteiger partial charge in [-0.15, -0.1) is 0 Å². The first kappa shape index (κ1) is 13.6. The number of rotatable bonds is 4. The van der Waals surface area contributed by atoms with Gasteiger partial charge in [0.05, 0.1) is 5.41 Å². The largest absolute Gasteiger partial charge is 0.354 e. The van der Waals surface area contributed by atoms with Crippen molar-refractivity contribution in [3.05, 3.63) is 34.3 Å². The van der Waals surface area contributed by atoms with Gasteiger partial charge in [0.15, 0.2) is 0 Å². The van der Waals surface area contributed by atoms with E-state index in [0.717, 1.165) is 35.7 Å². The molecule has 0 aliphatic heterocycles. The lowest BCUT2D eigenvalue weighted by Gasteiger charge is -2.28. The molecule has 3 N–H and O–H groups in total. The SMILES string of the molecule is NCCNC(=O)C1(c2cccc(Br)c2)CCCC1. The topological polar surface area (TPSA) is 55.1 Å². The lowest BCUT2D eigenvalue weighted by molar-refractivity contribution is -0.126. The Hall–Kier alpha value is -0.870. The zero-order valence-electron chi connectivity index (χ0n) is 10.4. The summed E-state index contributed by atoms with van der Waals surface area (Å²) in [4.78, 5) is 12.5. The molecule has 0 spiro atoms. The second-order valence-electron chi connectivity index (χ2n) is 4.84. The van der Waals surface area contributed by atoms with Gasteiger partial charge in [0.25, 0.3) is 0 Å². The number of carbonyl (C=O) groups excluding carboxylic acids is 1. The highest BCUT2D eigenvalue weighted by molar-refractivity contribution is 9.10. The van der Waals surface area contributed by atoms with Crippen LogP contribution in [0.3, 0.4) is 0 Å². The Balaban J connectivity index is 2.29. The standard InChI is InChI=1S/C14H19BrN2O/c15-12-5-3-4-11(10-12)14(6-1-2-7-14)13(18)17-9-8-16/h3-5,10H,1-2,6-9,16H2,(H,17,18). The monoisotopic (exact) mass is 310 g/mol. The molecule has 0 bridgehead atoms. The van der Waals surface area contributed by atoms with E-state index in [1.165, 1.54) is 0 Å². The number of nitrogens with one attached hydrogen (secondary N) is 1. The summed E-state index contributed by atoms with van der Waals surface area (Å²) < 4.78 is 1.03. The van der Waals surface area contributed by atoms with Crippen molar-refractivity contribution in [2.75, 3.05) is 13.1 Å². The Morgan fingerprint density at radius 3 is 2.72 bits per heavy atom. The van der Waals surface area contributed by atoms with E-state index in [1.54, 1.807) is 0 Å². The second kappa shape index (κ2) is 5.85. The lowest BCUT2D eigenvalue weighted by atomic mass is 9.78. The Bertz CT molecular complexity index is 428. The number of nitrogens with two attached hydrogens (primary N) is 1. The van der Waals surface area contributed by atoms with Gasteiger partial charge in [0.2, 0.25) is 5.91 Å². The van der Waals surface area contributed by atoms with Gasteiger partial charge in [-0.2, -0.15) is 0 Å². The van der Waals surface area contributed by atoms with Gasteiger partial charge in [-0.05, 0) is 30.5 Å². The summed E-state index contributed by atoms with van der Waals surface area (Å²) in [5.74, 6) is 0.128. The molecule has 1 amide bonds. The molecule has 1 aromatic rings. The molecule has 1 fully saturated rings. The average molecular weight is 311 g/mol. The molecule has 3 nitrogen and oxygen atoms in total. The van der Waals surface area contributed by atoms with E-state index in [4.69, 9.17) is 5.73 Å². The van der Waals surface area contributed by atoms with Gasteiger partial charge >= 0.3 is 0 Å². The van der Waals surface area contributed by atoms with E-state index in [2.05, 4.69) is 33.4 Å². The molecular weight excluding hydrogens is 292 g/mol. The van der Waals surface area contributed by atoms with Crippen LogP contribution in [0.1, 0.15) is 31.2 Å². The van der Waals surface area contributed by atoms with Gasteiger partial charge in [0, 0.05) is 17.6 Å². The Labute approximate surface area is 116 Å². The fourth-order valence-corrected chi connectivity index (χ4v) is 3.17. The first-order chi connectivity index (χ1) is 8.69. The predicted octanol–water partition coefficient (Wildman–Crippen LogP) is 2.34. The Morgan fingerprint density at radius 1 is 1.39 bits per heavy atom. The fraction of sp³-hybridized carbons (Fsp3) is 0.500. The molecule has 0 saturated heterocycles. The van der Waals surface area contributed by atoms with Crippen molar-refractivity contribution in [3.63, 3.8) is 0 Å². The van der Waals surface area contributed by atoms with Crippen LogP contribution < -0.4 is 11.1 Å². The van der Waals surface area contributed by atoms with Crippen LogP contribution in [0.4, 0.5) is 0 Å². The van der Waals surface area contributed by atoms with Gasteiger partial charge in [0.1, 0.15) is 0 Å². The summed E-state index contributed by atoms with van der Waals surface area (Å²) in [5, 5.41) is 2.95. The van der Waals surface area contributed by atoms with E-state index < -0.39 is 0 Å². The minimum absolute atomic E-state index is 0.128. The van der Waals surface area contributed by atoms with E-state index in [-0.39, 0.29) is 11.3 Å². The first-order valence-corrected chi connectivity index (χ1v) is 7.23. The number of hydrogen-bond donors (Lipinski definition) is 2. The van der Waals surface area contributed by atoms with Crippen molar-refractivity contribution in [1.29, 1.82) is 0 Å². The minimum Gasteiger partial charge on any atom is -0.354 e. The van der Waals surface area contributed by atoms with Crippen molar-refractivity contribution < 1.29 is 4.79 Å². The summed E-state index contributed by atoms with van der Waals surface area (Å²) in [7, 11) is 0. The third-order valence-corrected chi connectivity index (χ3v) is 4.19. The van der Waals surface area contributed by atoms with Gasteiger partial charge in [-0.1, -0.05) is 40.9 Å². The lowest BCUT2D eigenvalue weighted by Crippen LogP contribution is -2.44. The zero-order chi connectivity index (χ0) is 13.0. The number of carbonyl (C=O) groups is 1. The second-order valence-corrected chi connectivity index (χ2v) is 5.76. The normalized spacial score (nSPS) is 17.7. The van der Waals surface area contributed by atoms with E-state index >= 15 is 0 Å². The Morgan fingerprint density at radius 2 is 2.11 bits per heavy atom. The summed E-state index contributed by atoms with van der Waals surface area (Å²) in [6.45, 7) is 1.04. The third kappa shape index (κ3) is 2.59. The quantitative estimate of drug-likeness (QED) is 0.897. The molecule has 0 unspecified atom stereocenters. The van der Waals surface area contributed by atoms with Crippen LogP contribution >= 0.6 is 15.9 Å². The highest BCUT2D eigenvalue weighted by atomic mass is 79.9. The van der Waals surface area contributed by atoms with Crippen LogP contribution in [0.2, 0.25) is 0 Å². The van der Waals surface area contributed by atoms with Crippen molar-refractivity contribution in [1.82, 2.24) is 5.32 Å². The predicted molar refractivity (Wildman–Crippen MR) is 76.4 cm³/mol. The van der Waals surface area contributed by atoms with Crippen LogP contribution in [0.15, 0.2) is 28.7 Å². The molecule has 1 aliphatic carbocycles. The highest BCUT2D eigenvalue weighted by Gasteiger charge is 2.42. The number of hydrogen-bond acceptors (Lipinski definition) is 2. The molecule has 98 valence electrons. The molecule has 0 heterocycles. The first-order valence-electron chi connectivity index (χ1n) is 6.43. The van der Waals surface area contributed by atoms with Crippen LogP contribution in [-0.4, -0.2) is 19.0 Å². The summed E-state index contributed by atoms with van der Waals surface area (Å²) in [6, 6.07) is 8.10. The van der Waals surface area contributed by atoms with Crippen molar-refractivity contribution in [2.24, 2.45) is 5.73 Å². The van der Waals surface area contributed by atoms with Crippen molar-refractivity contribution in [3.8, 4) is 0 Å². The summed E-state index contributed by atoms with van der Waals surface area (Å²) >= 11 is 3.48. The molecule has 0 radical (unpaired) electrons. The molecular formula is C14H19BrN2O. The maximum absolute atomic E-state index is 12.5. The zero-order valence-corrected chi connectivity index (χ0v) is 12.0. The number of benzene rings is 1. The van der Waals surface area contributed by atoms with Crippen molar-refractivity contribution in [2.45, 2.75) is 31.1 Å². The van der Waals surface area contributed by atoms with Crippen LogP contribution in [-0.2, 0) is 10.2 Å². The summed E-state index contributed by atoms with van der Waals surface area (Å²) in [6.07, 6.45) is 4.09. The molecule has 1 aromatic carbocycles. The Kier molecular flexibility index (Phi) is 4.40. The molecule has 0 aromatic heterocycles. The summed E-state index contributed by atoms with van der Waals surface area (Å²) in [5.41, 5.74) is 6.23. The van der Waals surface area contributed by atoms with E-state index in [1.807, 2.05) is 12.1 Å². The molecule has 2 rings (SSSR count). The molecule has 18 heavy (non-hydrogen) atoms. The van der Waals surface area contributed by atoms with Gasteiger partial charge in [-0.3, -0.25) is 4.79 Å². The maximum Gasteiger partial charge on any atom is 0.230 e. The van der Waals surface area contributed by atoms with Gasteiger partial charge in [-0.25, -0.2) is 0 Å². The van der Waals surface area contributed by atoms with Crippen LogP contribution in [0.5, 0.6) is 0 Å². The van der Waals surface area contributed by atoms with E-state index in [9.17, 15) is 4.79 Å². The van der Waals surface area contributed by atoms with Crippen LogP contribution in [0.25, 0.3) is 0 Å². The average Bonchev–Trinajstić information content (AvgIpc) is 2.86. The molecule has 4 heteroatoms. The fourth-order valence-electron chi connectivity index (χ4n) is 2.77. The van der Waals surface area contributed by atoms with Crippen LogP contribution in [0, 0.1) is 0 Å². The molecule has 1 aliphatic rings. The van der Waals surface area contributed by atoms with Gasteiger partial charge < -0.3 is 11.1 Å². The number of amides is 1. The van der Waals surface area contributed by atoms with E-state index in [0.29, 0.717) is 13.1 Å². The minimum atomic E-state index is -0.348. The molecule has 1 saturated carbocycles. The highest BCUT2D eigenvalue weighted by Crippen LogP contribution is 2.41. The molecule has 0 atom stereocenters. The number of halogens is 1. The smallest absolute Gasteiger partial charge is 0.230 e.